The Balaban J connectivity index is 2.31. The third-order valence-electron chi connectivity index (χ3n) is 2.70. The van der Waals surface area contributed by atoms with Gasteiger partial charge in [0.2, 0.25) is 0 Å². The van der Waals surface area contributed by atoms with E-state index in [0.29, 0.717) is 29.7 Å². The third kappa shape index (κ3) is 2.58. The van der Waals surface area contributed by atoms with Crippen LogP contribution in [-0.2, 0) is 18.3 Å². The zero-order valence-electron chi connectivity index (χ0n) is 9.83. The Hall–Kier alpha value is -1.30. The van der Waals surface area contributed by atoms with Crippen LogP contribution in [-0.4, -0.2) is 14.8 Å². The van der Waals surface area contributed by atoms with E-state index in [9.17, 15) is 8.78 Å². The van der Waals surface area contributed by atoms with E-state index in [1.54, 1.807) is 0 Å². The Bertz CT molecular complexity index is 554. The van der Waals surface area contributed by atoms with Gasteiger partial charge >= 0.3 is 0 Å². The number of halogens is 3. The molecule has 0 radical (unpaired) electrons. The number of nitrogens with zero attached hydrogens (tertiary/aromatic N) is 3. The van der Waals surface area contributed by atoms with Gasteiger partial charge in [0.05, 0.1) is 5.33 Å². The van der Waals surface area contributed by atoms with Crippen molar-refractivity contribution in [3.8, 4) is 0 Å². The van der Waals surface area contributed by atoms with Crippen molar-refractivity contribution in [2.24, 2.45) is 0 Å². The van der Waals surface area contributed by atoms with Gasteiger partial charge in [-0.2, -0.15) is 0 Å². The van der Waals surface area contributed by atoms with E-state index in [1.165, 1.54) is 12.1 Å². The highest BCUT2D eigenvalue weighted by Crippen LogP contribution is 2.15. The van der Waals surface area contributed by atoms with E-state index in [0.717, 1.165) is 11.9 Å². The first-order valence-corrected chi connectivity index (χ1v) is 6.68. The molecule has 0 N–H and O–H groups in total. The molecule has 0 bridgehead atoms. The highest BCUT2D eigenvalue weighted by molar-refractivity contribution is 9.08. The fourth-order valence-electron chi connectivity index (χ4n) is 1.80. The maximum absolute atomic E-state index is 13.6. The van der Waals surface area contributed by atoms with Crippen LogP contribution in [0, 0.1) is 11.6 Å². The summed E-state index contributed by atoms with van der Waals surface area (Å²) in [7, 11) is 0. The van der Waals surface area contributed by atoms with E-state index in [4.69, 9.17) is 0 Å². The minimum Gasteiger partial charge on any atom is -0.314 e. The lowest BCUT2D eigenvalue weighted by Gasteiger charge is -2.06. The zero-order chi connectivity index (χ0) is 13.1. The normalized spacial score (nSPS) is 10.9. The topological polar surface area (TPSA) is 30.7 Å². The Morgan fingerprint density at radius 2 is 1.94 bits per heavy atom. The van der Waals surface area contributed by atoms with Gasteiger partial charge in [-0.3, -0.25) is 0 Å². The van der Waals surface area contributed by atoms with Gasteiger partial charge in [-0.05, 0) is 18.6 Å². The molecule has 0 saturated heterocycles. The number of benzene rings is 1. The maximum atomic E-state index is 13.6. The molecule has 2 aromatic rings. The van der Waals surface area contributed by atoms with E-state index >= 15 is 0 Å². The summed E-state index contributed by atoms with van der Waals surface area (Å²) >= 11 is 3.32. The van der Waals surface area contributed by atoms with Crippen molar-refractivity contribution in [2.75, 3.05) is 0 Å². The van der Waals surface area contributed by atoms with Crippen LogP contribution in [0.2, 0.25) is 0 Å². The molecular formula is C12H12BrF2N3. The lowest BCUT2D eigenvalue weighted by atomic mass is 10.1. The van der Waals surface area contributed by atoms with Crippen LogP contribution >= 0.6 is 15.9 Å². The second-order valence-corrected chi connectivity index (χ2v) is 4.38. The standard InChI is InChI=1S/C12H12BrF2N3/c1-2-18-11(16-17-12(18)7-13)5-8-3-4-9(14)6-10(8)15/h3-4,6H,2,5,7H2,1H3. The summed E-state index contributed by atoms with van der Waals surface area (Å²) in [4.78, 5) is 0. The first kappa shape index (κ1) is 13.1. The summed E-state index contributed by atoms with van der Waals surface area (Å²) in [6.45, 7) is 2.69. The van der Waals surface area contributed by atoms with Gasteiger partial charge in [-0.25, -0.2) is 8.78 Å². The third-order valence-corrected chi connectivity index (χ3v) is 3.20. The molecular weight excluding hydrogens is 304 g/mol. The highest BCUT2D eigenvalue weighted by Gasteiger charge is 2.12. The van der Waals surface area contributed by atoms with Crippen LogP contribution in [0.25, 0.3) is 0 Å². The molecule has 0 aliphatic rings. The second-order valence-electron chi connectivity index (χ2n) is 3.82. The summed E-state index contributed by atoms with van der Waals surface area (Å²) < 4.78 is 28.3. The molecule has 6 heteroatoms. The summed E-state index contributed by atoms with van der Waals surface area (Å²) in [6, 6.07) is 3.57. The molecule has 0 aliphatic heterocycles. The summed E-state index contributed by atoms with van der Waals surface area (Å²) in [5.41, 5.74) is 0.416. The van der Waals surface area contributed by atoms with Crippen molar-refractivity contribution in [1.29, 1.82) is 0 Å². The number of rotatable bonds is 4. The first-order chi connectivity index (χ1) is 8.65. The average molecular weight is 316 g/mol. The Morgan fingerprint density at radius 3 is 2.56 bits per heavy atom. The van der Waals surface area contributed by atoms with E-state index in [2.05, 4.69) is 26.1 Å². The largest absolute Gasteiger partial charge is 0.314 e. The Labute approximate surface area is 112 Å². The summed E-state index contributed by atoms with van der Waals surface area (Å²) in [6.07, 6.45) is 0.306. The van der Waals surface area contributed by atoms with Gasteiger partial charge in [0.1, 0.15) is 23.3 Å². The lowest BCUT2D eigenvalue weighted by Crippen LogP contribution is -2.06. The summed E-state index contributed by atoms with van der Waals surface area (Å²) in [5, 5.41) is 8.65. The SMILES string of the molecule is CCn1c(CBr)nnc1Cc1ccc(F)cc1F. The minimum atomic E-state index is -0.575. The van der Waals surface area contributed by atoms with Crippen molar-refractivity contribution in [1.82, 2.24) is 14.8 Å². The molecule has 0 spiro atoms. The van der Waals surface area contributed by atoms with Gasteiger partial charge < -0.3 is 4.57 Å². The molecule has 0 amide bonds. The number of alkyl halides is 1. The molecule has 0 saturated carbocycles. The van der Waals surface area contributed by atoms with Crippen LogP contribution in [0.3, 0.4) is 0 Å². The zero-order valence-corrected chi connectivity index (χ0v) is 11.4. The predicted molar refractivity (Wildman–Crippen MR) is 67.5 cm³/mol. The smallest absolute Gasteiger partial charge is 0.143 e. The average Bonchev–Trinajstić information content (AvgIpc) is 2.74. The molecule has 0 aliphatic carbocycles. The number of aromatic nitrogens is 3. The van der Waals surface area contributed by atoms with Crippen molar-refractivity contribution >= 4 is 15.9 Å². The molecule has 1 aromatic carbocycles. The molecule has 1 heterocycles. The molecule has 18 heavy (non-hydrogen) atoms. The summed E-state index contributed by atoms with van der Waals surface area (Å²) in [5.74, 6) is 0.350. The fourth-order valence-corrected chi connectivity index (χ4v) is 2.22. The monoisotopic (exact) mass is 315 g/mol. The molecule has 0 unspecified atom stereocenters. The van der Waals surface area contributed by atoms with Crippen LogP contribution in [0.4, 0.5) is 8.78 Å². The Morgan fingerprint density at radius 1 is 1.22 bits per heavy atom. The second kappa shape index (κ2) is 5.56. The van der Waals surface area contributed by atoms with E-state index in [1.807, 2.05) is 11.5 Å². The maximum Gasteiger partial charge on any atom is 0.143 e. The quantitative estimate of drug-likeness (QED) is 0.812. The molecule has 0 fully saturated rings. The van der Waals surface area contributed by atoms with Crippen LogP contribution < -0.4 is 0 Å². The van der Waals surface area contributed by atoms with Gasteiger partial charge in [-0.1, -0.05) is 22.0 Å². The van der Waals surface area contributed by atoms with Crippen molar-refractivity contribution in [3.05, 3.63) is 47.0 Å². The minimum absolute atomic E-state index is 0.306. The van der Waals surface area contributed by atoms with Crippen molar-refractivity contribution in [2.45, 2.75) is 25.2 Å². The molecule has 3 nitrogen and oxygen atoms in total. The molecule has 1 aromatic heterocycles. The van der Waals surface area contributed by atoms with Crippen LogP contribution in [0.5, 0.6) is 0 Å². The molecule has 0 atom stereocenters. The van der Waals surface area contributed by atoms with Gasteiger partial charge in [0.25, 0.3) is 0 Å². The van der Waals surface area contributed by atoms with Crippen LogP contribution in [0.1, 0.15) is 24.1 Å². The fraction of sp³-hybridized carbons (Fsp3) is 0.333. The van der Waals surface area contributed by atoms with Crippen molar-refractivity contribution < 1.29 is 8.78 Å². The first-order valence-electron chi connectivity index (χ1n) is 5.56. The van der Waals surface area contributed by atoms with Gasteiger partial charge in [-0.15, -0.1) is 10.2 Å². The van der Waals surface area contributed by atoms with Crippen molar-refractivity contribution in [3.63, 3.8) is 0 Å². The Kier molecular flexibility index (Phi) is 4.06. The van der Waals surface area contributed by atoms with E-state index < -0.39 is 11.6 Å². The van der Waals surface area contributed by atoms with Crippen LogP contribution in [0.15, 0.2) is 18.2 Å². The van der Waals surface area contributed by atoms with Gasteiger partial charge in [0.15, 0.2) is 0 Å². The van der Waals surface area contributed by atoms with Gasteiger partial charge in [0, 0.05) is 19.0 Å². The molecule has 96 valence electrons. The predicted octanol–water partition coefficient (Wildman–Crippen LogP) is 3.06. The number of hydrogen-bond donors (Lipinski definition) is 0. The highest BCUT2D eigenvalue weighted by atomic mass is 79.9. The molecule has 2 rings (SSSR count). The number of hydrogen-bond acceptors (Lipinski definition) is 2. The lowest BCUT2D eigenvalue weighted by molar-refractivity contribution is 0.571. The van der Waals surface area contributed by atoms with E-state index in [-0.39, 0.29) is 0 Å².